The predicted octanol–water partition coefficient (Wildman–Crippen LogP) is 4.79. The van der Waals surface area contributed by atoms with Crippen LogP contribution in [0.5, 0.6) is 23.0 Å². The van der Waals surface area contributed by atoms with Gasteiger partial charge in [-0.1, -0.05) is 47.2 Å². The van der Waals surface area contributed by atoms with Gasteiger partial charge in [0.05, 0.1) is 40.2 Å². The lowest BCUT2D eigenvalue weighted by atomic mass is 10.0. The van der Waals surface area contributed by atoms with E-state index in [-0.39, 0.29) is 24.5 Å². The maximum Gasteiger partial charge on any atom is 0.339 e. The molecule has 1 aromatic heterocycles. The molecule has 3 aromatic carbocycles. The Bertz CT molecular complexity index is 1560. The first-order valence-electron chi connectivity index (χ1n) is 12.7. The van der Waals surface area contributed by atoms with Crippen LogP contribution in [0.4, 0.5) is 0 Å². The number of aromatic nitrogens is 3. The number of rotatable bonds is 12. The Balaban J connectivity index is 1.55. The Morgan fingerprint density at radius 1 is 0.780 bits per heavy atom. The number of aryl methyl sites for hydroxylation is 1. The van der Waals surface area contributed by atoms with E-state index in [9.17, 15) is 9.59 Å². The summed E-state index contributed by atoms with van der Waals surface area (Å²) in [6, 6.07) is 17.8. The van der Waals surface area contributed by atoms with Gasteiger partial charge in [0, 0.05) is 5.56 Å². The van der Waals surface area contributed by atoms with Crippen LogP contribution in [0.15, 0.2) is 66.9 Å². The molecule has 212 valence electrons. The predicted molar refractivity (Wildman–Crippen MR) is 152 cm³/mol. The number of benzene rings is 3. The van der Waals surface area contributed by atoms with Crippen molar-refractivity contribution in [3.05, 3.63) is 94.8 Å². The third-order valence-corrected chi connectivity index (χ3v) is 6.25. The molecule has 0 spiro atoms. The second kappa shape index (κ2) is 13.3. The zero-order valence-electron chi connectivity index (χ0n) is 23.5. The van der Waals surface area contributed by atoms with Crippen molar-refractivity contribution in [1.29, 1.82) is 0 Å². The van der Waals surface area contributed by atoms with Gasteiger partial charge >= 0.3 is 5.97 Å². The highest BCUT2D eigenvalue weighted by Gasteiger charge is 2.18. The van der Waals surface area contributed by atoms with Crippen LogP contribution >= 0.6 is 0 Å². The topological polar surface area (TPSA) is 111 Å². The highest BCUT2D eigenvalue weighted by atomic mass is 16.5. The Labute approximate surface area is 238 Å². The molecular weight excluding hydrogens is 526 g/mol. The fourth-order valence-corrected chi connectivity index (χ4v) is 4.05. The van der Waals surface area contributed by atoms with E-state index >= 15 is 0 Å². The van der Waals surface area contributed by atoms with Crippen molar-refractivity contribution in [2.75, 3.05) is 28.4 Å². The van der Waals surface area contributed by atoms with E-state index in [0.29, 0.717) is 45.4 Å². The van der Waals surface area contributed by atoms with E-state index < -0.39 is 5.97 Å². The third-order valence-electron chi connectivity index (χ3n) is 6.25. The second-order valence-electron chi connectivity index (χ2n) is 9.01. The monoisotopic (exact) mass is 557 g/mol. The van der Waals surface area contributed by atoms with Crippen LogP contribution in [0, 0.1) is 6.92 Å². The zero-order chi connectivity index (χ0) is 29.4. The van der Waals surface area contributed by atoms with Gasteiger partial charge in [0.25, 0.3) is 0 Å². The van der Waals surface area contributed by atoms with Crippen LogP contribution in [0.3, 0.4) is 0 Å². The Morgan fingerprint density at radius 3 is 2.05 bits per heavy atom. The number of hydrogen-bond acceptors (Lipinski definition) is 9. The van der Waals surface area contributed by atoms with Crippen molar-refractivity contribution in [3.63, 3.8) is 0 Å². The first-order chi connectivity index (χ1) is 19.8. The molecule has 0 saturated heterocycles. The van der Waals surface area contributed by atoms with E-state index in [1.165, 1.54) is 26.0 Å². The highest BCUT2D eigenvalue weighted by molar-refractivity contribution is 6.21. The van der Waals surface area contributed by atoms with Crippen LogP contribution < -0.4 is 18.9 Å². The molecule has 0 amide bonds. The van der Waals surface area contributed by atoms with Gasteiger partial charge in [0.1, 0.15) is 18.8 Å². The van der Waals surface area contributed by atoms with Gasteiger partial charge in [0.15, 0.2) is 28.8 Å². The number of Topliss-reactive ketones (excluding diaryl/α,β-unsaturated/α-hetero) is 1. The van der Waals surface area contributed by atoms with Crippen molar-refractivity contribution < 1.29 is 33.3 Å². The van der Waals surface area contributed by atoms with E-state index in [1.807, 2.05) is 19.1 Å². The molecule has 0 radical (unpaired) electrons. The zero-order valence-corrected chi connectivity index (χ0v) is 23.5. The van der Waals surface area contributed by atoms with Gasteiger partial charge in [-0.15, -0.1) is 5.10 Å². The number of hydrogen-bond donors (Lipinski definition) is 0. The summed E-state index contributed by atoms with van der Waals surface area (Å²) >= 11 is 0. The van der Waals surface area contributed by atoms with Crippen LogP contribution in [0.2, 0.25) is 0 Å². The van der Waals surface area contributed by atoms with E-state index in [4.69, 9.17) is 23.7 Å². The molecular formula is C31H31N3O7. The molecule has 10 heteroatoms. The Morgan fingerprint density at radius 2 is 1.39 bits per heavy atom. The highest BCUT2D eigenvalue weighted by Crippen LogP contribution is 2.33. The van der Waals surface area contributed by atoms with Gasteiger partial charge < -0.3 is 23.7 Å². The van der Waals surface area contributed by atoms with Crippen molar-refractivity contribution in [2.24, 2.45) is 0 Å². The molecule has 0 unspecified atom stereocenters. The van der Waals surface area contributed by atoms with Crippen LogP contribution in [-0.2, 0) is 22.7 Å². The lowest BCUT2D eigenvalue weighted by Crippen LogP contribution is -2.11. The number of carbonyl (C=O) groups is 2. The fraction of sp³-hybridized carbons (Fsp3) is 0.226. The molecule has 4 aromatic rings. The van der Waals surface area contributed by atoms with Crippen molar-refractivity contribution in [3.8, 4) is 23.0 Å². The minimum atomic E-state index is -0.600. The van der Waals surface area contributed by atoms with Gasteiger partial charge in [-0.05, 0) is 48.4 Å². The van der Waals surface area contributed by atoms with Crippen molar-refractivity contribution in [1.82, 2.24) is 15.0 Å². The first kappa shape index (κ1) is 28.9. The summed E-state index contributed by atoms with van der Waals surface area (Å²) in [6.45, 7) is 1.83. The first-order valence-corrected chi connectivity index (χ1v) is 12.7. The number of carbonyl (C=O) groups excluding carboxylic acids is 2. The van der Waals surface area contributed by atoms with Gasteiger partial charge in [-0.2, -0.15) is 0 Å². The summed E-state index contributed by atoms with van der Waals surface area (Å²) in [5.74, 6) is 1.34. The summed E-state index contributed by atoms with van der Waals surface area (Å²) in [5, 5.41) is 8.06. The normalized spacial score (nSPS) is 11.1. The Kier molecular flexibility index (Phi) is 9.36. The SMILES string of the molecule is COc1ccc(/C=C(/C(=O)OCc2cn(CC(=O)c3ccc(C)cc3)nn2)c2ccc(OC)c(OC)c2)cc1OC. The lowest BCUT2D eigenvalue weighted by Gasteiger charge is -2.13. The van der Waals surface area contributed by atoms with Gasteiger partial charge in [-0.25, -0.2) is 9.48 Å². The molecule has 0 aliphatic rings. The number of ketones is 1. The average Bonchev–Trinajstić information content (AvgIpc) is 3.45. The average molecular weight is 558 g/mol. The minimum Gasteiger partial charge on any atom is -0.493 e. The maximum absolute atomic E-state index is 13.4. The Hall–Kier alpha value is -5.12. The summed E-state index contributed by atoms with van der Waals surface area (Å²) in [4.78, 5) is 26.0. The summed E-state index contributed by atoms with van der Waals surface area (Å²) in [6.07, 6.45) is 3.26. The van der Waals surface area contributed by atoms with E-state index in [1.54, 1.807) is 67.9 Å². The van der Waals surface area contributed by atoms with Crippen molar-refractivity contribution >= 4 is 23.4 Å². The smallest absolute Gasteiger partial charge is 0.339 e. The number of esters is 1. The number of nitrogens with zero attached hydrogens (tertiary/aromatic N) is 3. The summed E-state index contributed by atoms with van der Waals surface area (Å²) in [5.41, 5.74) is 3.55. The van der Waals surface area contributed by atoms with Crippen molar-refractivity contribution in [2.45, 2.75) is 20.1 Å². The molecule has 0 fully saturated rings. The molecule has 1 heterocycles. The molecule has 41 heavy (non-hydrogen) atoms. The molecule has 0 saturated carbocycles. The van der Waals surface area contributed by atoms with E-state index in [2.05, 4.69) is 10.3 Å². The van der Waals surface area contributed by atoms with Crippen LogP contribution in [-0.4, -0.2) is 55.2 Å². The van der Waals surface area contributed by atoms with E-state index in [0.717, 1.165) is 5.56 Å². The van der Waals surface area contributed by atoms with Crippen LogP contribution in [0.25, 0.3) is 11.6 Å². The molecule has 0 aliphatic carbocycles. The summed E-state index contributed by atoms with van der Waals surface area (Å²) < 4.78 is 28.6. The quantitative estimate of drug-likeness (QED) is 0.105. The second-order valence-corrected chi connectivity index (χ2v) is 9.01. The lowest BCUT2D eigenvalue weighted by molar-refractivity contribution is -0.137. The van der Waals surface area contributed by atoms with Gasteiger partial charge in [-0.3, -0.25) is 4.79 Å². The maximum atomic E-state index is 13.4. The molecule has 0 atom stereocenters. The number of ether oxygens (including phenoxy) is 5. The molecule has 0 N–H and O–H groups in total. The molecule has 0 aliphatic heterocycles. The third kappa shape index (κ3) is 7.10. The van der Waals surface area contributed by atoms with Crippen LogP contribution in [0.1, 0.15) is 32.7 Å². The summed E-state index contributed by atoms with van der Waals surface area (Å²) in [7, 11) is 6.14. The largest absolute Gasteiger partial charge is 0.493 e. The molecule has 0 bridgehead atoms. The standard InChI is InChI=1S/C31H31N3O7/c1-20-6-9-22(10-7-20)26(35)18-34-17-24(32-33-34)19-41-31(36)25(23-11-13-28(38-3)30(16-23)40-5)14-21-8-12-27(37-2)29(15-21)39-4/h6-17H,18-19H2,1-5H3/b25-14+. The van der Waals surface area contributed by atoms with Gasteiger partial charge in [0.2, 0.25) is 0 Å². The fourth-order valence-electron chi connectivity index (χ4n) is 4.05. The molecule has 10 nitrogen and oxygen atoms in total. The number of methoxy groups -OCH3 is 4. The molecule has 4 rings (SSSR count). The minimum absolute atomic E-state index is 0.0140.